The lowest BCUT2D eigenvalue weighted by atomic mass is 9.86. The Kier molecular flexibility index (Phi) is 7.29. The van der Waals surface area contributed by atoms with Crippen molar-refractivity contribution in [3.63, 3.8) is 0 Å². The van der Waals surface area contributed by atoms with Crippen molar-refractivity contribution in [3.8, 4) is 0 Å². The van der Waals surface area contributed by atoms with Gasteiger partial charge in [0.15, 0.2) is 0 Å². The van der Waals surface area contributed by atoms with E-state index in [0.717, 1.165) is 45.3 Å². The minimum Gasteiger partial charge on any atom is -0.481 e. The summed E-state index contributed by atoms with van der Waals surface area (Å²) >= 11 is 0. The number of halogens is 1. The van der Waals surface area contributed by atoms with Gasteiger partial charge in [0.05, 0.1) is 0 Å². The van der Waals surface area contributed by atoms with Crippen molar-refractivity contribution in [2.24, 2.45) is 0 Å². The molecule has 2 aromatic rings. The molecular formula is C25H28ClNO2. The predicted octanol–water partition coefficient (Wildman–Crippen LogP) is 5.74. The van der Waals surface area contributed by atoms with E-state index in [2.05, 4.69) is 65.6 Å². The van der Waals surface area contributed by atoms with E-state index < -0.39 is 5.97 Å². The van der Waals surface area contributed by atoms with Gasteiger partial charge in [-0.3, -0.25) is 4.79 Å². The number of aliphatic carboxylic acids is 1. The van der Waals surface area contributed by atoms with Crippen LogP contribution in [0, 0.1) is 0 Å². The maximum atomic E-state index is 10.7. The third-order valence-corrected chi connectivity index (χ3v) is 5.83. The van der Waals surface area contributed by atoms with E-state index in [1.165, 1.54) is 27.8 Å². The van der Waals surface area contributed by atoms with Gasteiger partial charge in [0.25, 0.3) is 0 Å². The number of hydrogen-bond acceptors (Lipinski definition) is 2. The van der Waals surface area contributed by atoms with Crippen LogP contribution in [-0.2, 0) is 4.79 Å². The molecule has 1 N–H and O–H groups in total. The van der Waals surface area contributed by atoms with Gasteiger partial charge in [0.2, 0.25) is 0 Å². The summed E-state index contributed by atoms with van der Waals surface area (Å²) in [5.74, 6) is -0.690. The first kappa shape index (κ1) is 21.4. The van der Waals surface area contributed by atoms with Crippen LogP contribution in [0.4, 0.5) is 0 Å². The number of nitrogens with zero attached hydrogens (tertiary/aromatic N) is 1. The summed E-state index contributed by atoms with van der Waals surface area (Å²) in [6.07, 6.45) is 8.65. The fourth-order valence-corrected chi connectivity index (χ4v) is 4.35. The van der Waals surface area contributed by atoms with E-state index in [9.17, 15) is 4.79 Å². The number of likely N-dealkylation sites (tertiary alicyclic amines) is 1. The Morgan fingerprint density at radius 2 is 1.41 bits per heavy atom. The molecule has 0 spiro atoms. The Bertz CT molecular complexity index is 870. The average molecular weight is 410 g/mol. The molecule has 0 radical (unpaired) electrons. The molecule has 3 nitrogen and oxygen atoms in total. The second kappa shape index (κ2) is 9.91. The van der Waals surface area contributed by atoms with E-state index in [-0.39, 0.29) is 18.8 Å². The van der Waals surface area contributed by atoms with Crippen LogP contribution in [0.1, 0.15) is 54.4 Å². The van der Waals surface area contributed by atoms with Crippen LogP contribution in [0.5, 0.6) is 0 Å². The zero-order valence-electron chi connectivity index (χ0n) is 16.6. The number of hydrogen-bond donors (Lipinski definition) is 1. The molecule has 0 aromatic heterocycles. The Labute approximate surface area is 179 Å². The zero-order valence-corrected chi connectivity index (χ0v) is 17.5. The summed E-state index contributed by atoms with van der Waals surface area (Å²) in [7, 11) is 0. The van der Waals surface area contributed by atoms with Gasteiger partial charge in [-0.05, 0) is 60.1 Å². The quantitative estimate of drug-likeness (QED) is 0.546. The first-order valence-corrected chi connectivity index (χ1v) is 10.3. The molecular weight excluding hydrogens is 382 g/mol. The highest BCUT2D eigenvalue weighted by atomic mass is 35.5. The number of carboxylic acid groups (broad SMARTS) is 1. The summed E-state index contributed by atoms with van der Waals surface area (Å²) < 4.78 is 0. The van der Waals surface area contributed by atoms with Gasteiger partial charge in [-0.25, -0.2) is 0 Å². The second-order valence-corrected chi connectivity index (χ2v) is 7.68. The molecule has 0 atom stereocenters. The van der Waals surface area contributed by atoms with Gasteiger partial charge in [0.1, 0.15) is 0 Å². The fraction of sp³-hybridized carbons (Fsp3) is 0.320. The second-order valence-electron chi connectivity index (χ2n) is 7.68. The van der Waals surface area contributed by atoms with Crippen molar-refractivity contribution in [1.29, 1.82) is 0 Å². The lowest BCUT2D eigenvalue weighted by molar-refractivity contribution is -0.137. The van der Waals surface area contributed by atoms with Crippen molar-refractivity contribution in [2.45, 2.75) is 32.1 Å². The number of piperidine rings is 1. The van der Waals surface area contributed by atoms with Crippen LogP contribution in [0.3, 0.4) is 0 Å². The molecule has 0 saturated carbocycles. The highest BCUT2D eigenvalue weighted by molar-refractivity contribution is 5.94. The summed E-state index contributed by atoms with van der Waals surface area (Å²) in [5.41, 5.74) is 8.23. The minimum atomic E-state index is -0.690. The lowest BCUT2D eigenvalue weighted by Crippen LogP contribution is -2.32. The molecule has 1 aliphatic heterocycles. The first-order valence-electron chi connectivity index (χ1n) is 10.3. The summed E-state index contributed by atoms with van der Waals surface area (Å²) in [6, 6.07) is 17.4. The molecule has 4 heteroatoms. The van der Waals surface area contributed by atoms with Crippen LogP contribution in [0.25, 0.3) is 17.7 Å². The normalized spacial score (nSPS) is 15.9. The fourth-order valence-electron chi connectivity index (χ4n) is 4.35. The van der Waals surface area contributed by atoms with Gasteiger partial charge in [-0.1, -0.05) is 66.3 Å². The topological polar surface area (TPSA) is 40.5 Å². The number of carbonyl (C=O) groups is 1. The van der Waals surface area contributed by atoms with E-state index in [4.69, 9.17) is 5.11 Å². The molecule has 0 bridgehead atoms. The number of benzene rings is 2. The van der Waals surface area contributed by atoms with Crippen LogP contribution in [0.15, 0.2) is 54.1 Å². The van der Waals surface area contributed by atoms with Gasteiger partial charge in [0, 0.05) is 19.5 Å². The van der Waals surface area contributed by atoms with E-state index >= 15 is 0 Å². The maximum absolute atomic E-state index is 10.7. The van der Waals surface area contributed by atoms with Crippen LogP contribution in [-0.4, -0.2) is 35.6 Å². The summed E-state index contributed by atoms with van der Waals surface area (Å²) in [6.45, 7) is 3.12. The summed E-state index contributed by atoms with van der Waals surface area (Å²) in [4.78, 5) is 13.2. The van der Waals surface area contributed by atoms with Crippen molar-refractivity contribution >= 4 is 36.1 Å². The molecule has 4 rings (SSSR count). The van der Waals surface area contributed by atoms with Crippen molar-refractivity contribution in [2.75, 3.05) is 19.6 Å². The number of fused-ring (bicyclic) bond motifs is 2. The van der Waals surface area contributed by atoms with Gasteiger partial charge in [-0.15, -0.1) is 12.4 Å². The van der Waals surface area contributed by atoms with E-state index in [1.807, 2.05) is 0 Å². The highest BCUT2D eigenvalue weighted by Crippen LogP contribution is 2.38. The predicted molar refractivity (Wildman–Crippen MR) is 122 cm³/mol. The van der Waals surface area contributed by atoms with Crippen LogP contribution < -0.4 is 0 Å². The maximum Gasteiger partial charge on any atom is 0.303 e. The van der Waals surface area contributed by atoms with Crippen LogP contribution in [0.2, 0.25) is 0 Å². The Balaban J connectivity index is 0.00000240. The number of carboxylic acids is 1. The Morgan fingerprint density at radius 3 is 1.97 bits per heavy atom. The smallest absolute Gasteiger partial charge is 0.303 e. The number of unbranched alkanes of at least 4 members (excludes halogenated alkanes) is 1. The van der Waals surface area contributed by atoms with E-state index in [1.54, 1.807) is 5.57 Å². The first-order chi connectivity index (χ1) is 13.7. The summed E-state index contributed by atoms with van der Waals surface area (Å²) in [5, 5.41) is 8.79. The lowest BCUT2D eigenvalue weighted by Gasteiger charge is -2.30. The third-order valence-electron chi connectivity index (χ3n) is 5.83. The molecule has 29 heavy (non-hydrogen) atoms. The monoisotopic (exact) mass is 409 g/mol. The third kappa shape index (κ3) is 4.98. The highest BCUT2D eigenvalue weighted by Gasteiger charge is 2.22. The molecule has 1 fully saturated rings. The SMILES string of the molecule is Cl.O=C(O)CCCCN1CCC(=C2c3ccccc3C=Cc3ccccc32)CC1. The molecule has 2 aliphatic rings. The molecule has 1 heterocycles. The van der Waals surface area contributed by atoms with Gasteiger partial charge < -0.3 is 10.0 Å². The molecule has 0 amide bonds. The average Bonchev–Trinajstić information content (AvgIpc) is 2.89. The Hall–Kier alpha value is -2.36. The Morgan fingerprint density at radius 1 is 0.862 bits per heavy atom. The zero-order chi connectivity index (χ0) is 19.3. The van der Waals surface area contributed by atoms with Crippen molar-refractivity contribution in [1.82, 2.24) is 4.90 Å². The van der Waals surface area contributed by atoms with Crippen molar-refractivity contribution in [3.05, 3.63) is 76.4 Å². The molecule has 0 unspecified atom stereocenters. The van der Waals surface area contributed by atoms with Gasteiger partial charge in [-0.2, -0.15) is 0 Å². The standard InChI is InChI=1S/C25H27NO2.ClH/c27-24(28)11-5-6-16-26-17-14-21(15-18-26)25-22-9-3-1-7-19(22)12-13-20-8-2-4-10-23(20)25;/h1-4,7-10,12-13H,5-6,11,14-18H2,(H,27,28);1H. The van der Waals surface area contributed by atoms with Crippen molar-refractivity contribution < 1.29 is 9.90 Å². The molecule has 152 valence electrons. The molecule has 1 aliphatic carbocycles. The van der Waals surface area contributed by atoms with E-state index in [0.29, 0.717) is 0 Å². The van der Waals surface area contributed by atoms with Crippen LogP contribution >= 0.6 is 12.4 Å². The molecule has 2 aromatic carbocycles. The minimum absolute atomic E-state index is 0. The largest absolute Gasteiger partial charge is 0.481 e. The molecule has 1 saturated heterocycles. The number of rotatable bonds is 5. The van der Waals surface area contributed by atoms with Gasteiger partial charge >= 0.3 is 5.97 Å².